The van der Waals surface area contributed by atoms with Gasteiger partial charge in [-0.25, -0.2) is 4.57 Å². The van der Waals surface area contributed by atoms with Crippen molar-refractivity contribution < 1.29 is 32.9 Å². The first-order valence-electron chi connectivity index (χ1n) is 28.1. The SMILES string of the molecule is CCCCCC/C=C/C(O)C(COP(=O)(O)OCC[N+](C)(C)C)NC(=O)CCCCCCCCCCCCCCCCCCCCCCCCCCCCCCCCCCCCCC. The zero-order valence-electron chi connectivity index (χ0n) is 43.6. The zero-order valence-corrected chi connectivity index (χ0v) is 44.4. The predicted molar refractivity (Wildman–Crippen MR) is 277 cm³/mol. The maximum atomic E-state index is 12.8. The molecule has 0 aliphatic rings. The zero-order chi connectivity index (χ0) is 47.1. The molecule has 3 atom stereocenters. The van der Waals surface area contributed by atoms with Crippen LogP contribution in [0.3, 0.4) is 0 Å². The third-order valence-electron chi connectivity index (χ3n) is 13.0. The van der Waals surface area contributed by atoms with Crippen molar-refractivity contribution in [3.63, 3.8) is 0 Å². The van der Waals surface area contributed by atoms with Crippen LogP contribution in [0.2, 0.25) is 0 Å². The number of carbonyl (C=O) groups is 1. The summed E-state index contributed by atoms with van der Waals surface area (Å²) in [6.45, 7) is 4.76. The molecule has 0 aromatic carbocycles. The highest BCUT2D eigenvalue weighted by Crippen LogP contribution is 2.43. The first kappa shape index (κ1) is 63.2. The van der Waals surface area contributed by atoms with Gasteiger partial charge in [0.2, 0.25) is 5.91 Å². The summed E-state index contributed by atoms with van der Waals surface area (Å²) in [5, 5.41) is 13.7. The summed E-state index contributed by atoms with van der Waals surface area (Å²) in [6.07, 6.45) is 58.1. The minimum atomic E-state index is -4.32. The predicted octanol–water partition coefficient (Wildman–Crippen LogP) is 16.7. The number of quaternary nitrogens is 1. The molecule has 0 aromatic rings. The molecule has 0 aliphatic heterocycles. The fourth-order valence-corrected chi connectivity index (χ4v) is 9.31. The summed E-state index contributed by atoms with van der Waals surface area (Å²) < 4.78 is 23.5. The Hall–Kier alpha value is -0.760. The van der Waals surface area contributed by atoms with Crippen LogP contribution in [0.25, 0.3) is 0 Å². The van der Waals surface area contributed by atoms with Crippen LogP contribution in [0.5, 0.6) is 0 Å². The number of unbranched alkanes of at least 4 members (excludes halogenated alkanes) is 39. The van der Waals surface area contributed by atoms with Crippen LogP contribution in [0.4, 0.5) is 0 Å². The molecule has 9 heteroatoms. The van der Waals surface area contributed by atoms with Crippen LogP contribution in [-0.4, -0.2) is 73.4 Å². The molecule has 0 aliphatic carbocycles. The number of allylic oxidation sites excluding steroid dienone is 1. The third kappa shape index (κ3) is 49.2. The lowest BCUT2D eigenvalue weighted by Gasteiger charge is -2.25. The Labute approximate surface area is 399 Å². The van der Waals surface area contributed by atoms with Crippen molar-refractivity contribution in [1.82, 2.24) is 5.32 Å². The Bertz CT molecular complexity index is 1050. The molecule has 3 N–H and O–H groups in total. The Balaban J connectivity index is 3.71. The van der Waals surface area contributed by atoms with Gasteiger partial charge in [0.15, 0.2) is 0 Å². The van der Waals surface area contributed by atoms with E-state index < -0.39 is 20.0 Å². The summed E-state index contributed by atoms with van der Waals surface area (Å²) >= 11 is 0. The van der Waals surface area contributed by atoms with Crippen LogP contribution in [0, 0.1) is 0 Å². The molecule has 0 saturated carbocycles. The lowest BCUT2D eigenvalue weighted by atomic mass is 10.0. The molecule has 0 bridgehead atoms. The van der Waals surface area contributed by atoms with Crippen molar-refractivity contribution in [3.8, 4) is 0 Å². The second kappa shape index (κ2) is 47.3. The summed E-state index contributed by atoms with van der Waals surface area (Å²) in [5.74, 6) is -0.177. The van der Waals surface area contributed by atoms with Crippen molar-refractivity contribution in [2.45, 2.75) is 296 Å². The normalized spacial score (nSPS) is 14.0. The number of phosphoric acid groups is 1. The van der Waals surface area contributed by atoms with E-state index in [1.807, 2.05) is 27.2 Å². The highest BCUT2D eigenvalue weighted by atomic mass is 31.2. The van der Waals surface area contributed by atoms with Crippen LogP contribution in [0.15, 0.2) is 12.2 Å². The Morgan fingerprint density at radius 3 is 1.16 bits per heavy atom. The minimum absolute atomic E-state index is 0.0638. The molecule has 0 fully saturated rings. The third-order valence-corrected chi connectivity index (χ3v) is 14.0. The fraction of sp³-hybridized carbons (Fsp3) is 0.945. The lowest BCUT2D eigenvalue weighted by molar-refractivity contribution is -0.870. The molecule has 0 spiro atoms. The standard InChI is InChI=1S/C55H111N2O6P/c1-6-8-10-12-14-15-16-17-18-19-20-21-22-23-24-25-26-27-28-29-30-31-32-33-34-35-36-37-38-39-40-41-42-43-45-47-49-55(59)56-53(54(58)48-46-44-13-11-9-7-2)52-63-64(60,61)62-51-50-57(3,4)5/h46,48,53-54,58H,6-45,47,49-52H2,1-5H3,(H-,56,59,60,61)/p+1/b48-46+. The summed E-state index contributed by atoms with van der Waals surface area (Å²) in [5.41, 5.74) is 0. The second-order valence-corrected chi connectivity index (χ2v) is 22.1. The number of amides is 1. The lowest BCUT2D eigenvalue weighted by Crippen LogP contribution is -2.45. The van der Waals surface area contributed by atoms with E-state index in [4.69, 9.17) is 9.05 Å². The van der Waals surface area contributed by atoms with Crippen LogP contribution < -0.4 is 5.32 Å². The van der Waals surface area contributed by atoms with Gasteiger partial charge in [0.25, 0.3) is 0 Å². The van der Waals surface area contributed by atoms with Gasteiger partial charge in [-0.2, -0.15) is 0 Å². The summed E-state index contributed by atoms with van der Waals surface area (Å²) in [7, 11) is 1.58. The van der Waals surface area contributed by atoms with Gasteiger partial charge in [-0.3, -0.25) is 13.8 Å². The maximum absolute atomic E-state index is 12.8. The fourth-order valence-electron chi connectivity index (χ4n) is 8.57. The molecule has 0 radical (unpaired) electrons. The van der Waals surface area contributed by atoms with Crippen molar-refractivity contribution in [1.29, 1.82) is 0 Å². The number of hydrogen-bond acceptors (Lipinski definition) is 5. The largest absolute Gasteiger partial charge is 0.472 e. The number of hydrogen-bond donors (Lipinski definition) is 3. The number of carbonyl (C=O) groups excluding carboxylic acids is 1. The Morgan fingerprint density at radius 2 is 0.828 bits per heavy atom. The summed E-state index contributed by atoms with van der Waals surface area (Å²) in [6, 6.07) is -0.838. The van der Waals surface area contributed by atoms with E-state index in [1.54, 1.807) is 6.08 Å². The Kier molecular flexibility index (Phi) is 46.8. The molecule has 3 unspecified atom stereocenters. The first-order valence-corrected chi connectivity index (χ1v) is 29.6. The van der Waals surface area contributed by atoms with Crippen molar-refractivity contribution in [2.24, 2.45) is 0 Å². The summed E-state index contributed by atoms with van der Waals surface area (Å²) in [4.78, 5) is 23.0. The average Bonchev–Trinajstić information content (AvgIpc) is 3.25. The molecule has 0 aromatic heterocycles. The molecule has 0 rings (SSSR count). The van der Waals surface area contributed by atoms with E-state index in [0.29, 0.717) is 17.4 Å². The van der Waals surface area contributed by atoms with E-state index >= 15 is 0 Å². The van der Waals surface area contributed by atoms with Crippen LogP contribution in [-0.2, 0) is 18.4 Å². The molecule has 8 nitrogen and oxygen atoms in total. The highest BCUT2D eigenvalue weighted by Gasteiger charge is 2.27. The number of rotatable bonds is 52. The quantitative estimate of drug-likeness (QED) is 0.0243. The highest BCUT2D eigenvalue weighted by molar-refractivity contribution is 7.47. The number of nitrogens with one attached hydrogen (secondary N) is 1. The number of nitrogens with zero attached hydrogens (tertiary/aromatic N) is 1. The topological polar surface area (TPSA) is 105 Å². The van der Waals surface area contributed by atoms with Crippen LogP contribution in [0.1, 0.15) is 284 Å². The van der Waals surface area contributed by atoms with Crippen LogP contribution >= 0.6 is 7.82 Å². The van der Waals surface area contributed by atoms with Gasteiger partial charge in [0, 0.05) is 6.42 Å². The smallest absolute Gasteiger partial charge is 0.387 e. The van der Waals surface area contributed by atoms with E-state index in [1.165, 1.54) is 218 Å². The van der Waals surface area contributed by atoms with Crippen molar-refractivity contribution >= 4 is 13.7 Å². The van der Waals surface area contributed by atoms with Gasteiger partial charge in [-0.05, 0) is 19.3 Å². The molecule has 1 amide bonds. The van der Waals surface area contributed by atoms with Gasteiger partial charge in [-0.15, -0.1) is 0 Å². The van der Waals surface area contributed by atoms with Crippen molar-refractivity contribution in [3.05, 3.63) is 12.2 Å². The van der Waals surface area contributed by atoms with Gasteiger partial charge < -0.3 is 19.8 Å². The first-order chi connectivity index (χ1) is 31.0. The van der Waals surface area contributed by atoms with E-state index in [9.17, 15) is 19.4 Å². The Morgan fingerprint density at radius 1 is 0.516 bits per heavy atom. The molecular formula is C55H112N2O6P+. The minimum Gasteiger partial charge on any atom is -0.387 e. The number of aliphatic hydroxyl groups excluding tert-OH is 1. The molecule has 382 valence electrons. The average molecular weight is 928 g/mol. The van der Waals surface area contributed by atoms with E-state index in [2.05, 4.69) is 19.2 Å². The molecule has 64 heavy (non-hydrogen) atoms. The van der Waals surface area contributed by atoms with Gasteiger partial charge in [0.05, 0.1) is 39.9 Å². The molecular weight excluding hydrogens is 816 g/mol. The monoisotopic (exact) mass is 928 g/mol. The number of phosphoric ester groups is 1. The van der Waals surface area contributed by atoms with Gasteiger partial charge >= 0.3 is 7.82 Å². The maximum Gasteiger partial charge on any atom is 0.472 e. The second-order valence-electron chi connectivity index (χ2n) is 20.7. The number of likely N-dealkylation sites (N-methyl/N-ethyl adjacent to an activating group) is 1. The number of aliphatic hydroxyl groups is 1. The molecule has 0 saturated heterocycles. The van der Waals surface area contributed by atoms with E-state index in [-0.39, 0.29) is 19.1 Å². The van der Waals surface area contributed by atoms with Crippen molar-refractivity contribution in [2.75, 3.05) is 40.9 Å². The molecule has 0 heterocycles. The van der Waals surface area contributed by atoms with E-state index in [0.717, 1.165) is 44.9 Å². The van der Waals surface area contributed by atoms with Gasteiger partial charge in [0.1, 0.15) is 13.2 Å². The van der Waals surface area contributed by atoms with Gasteiger partial charge in [-0.1, -0.05) is 270 Å².